The molecule has 0 unspecified atom stereocenters. The first-order chi connectivity index (χ1) is 15.8. The third-order valence-corrected chi connectivity index (χ3v) is 5.50. The monoisotopic (exact) mass is 487 g/mol. The number of carbonyl (C=O) groups excluding carboxylic acids is 4. The van der Waals surface area contributed by atoms with Gasteiger partial charge in [0.25, 0.3) is 0 Å². The molecule has 8 N–H and O–H groups in total. The van der Waals surface area contributed by atoms with Crippen molar-refractivity contribution in [3.05, 3.63) is 0 Å². The quantitative estimate of drug-likeness (QED) is 0.135. The number of carbonyl (C=O) groups is 6. The van der Waals surface area contributed by atoms with Crippen molar-refractivity contribution in [2.24, 2.45) is 17.6 Å². The summed E-state index contributed by atoms with van der Waals surface area (Å²) in [6.45, 7) is 6.29. The Kier molecular flexibility index (Phi) is 14.1. The fraction of sp³-hybridized carbons (Fsp3) is 0.714. The summed E-state index contributed by atoms with van der Waals surface area (Å²) in [6, 6.07) is -3.10. The Balaban J connectivity index is 4.74. The number of aliphatic carboxylic acids is 2. The maximum absolute atomic E-state index is 12.6. The lowest BCUT2D eigenvalue weighted by Crippen LogP contribution is -2.56. The van der Waals surface area contributed by atoms with Crippen LogP contribution in [-0.4, -0.2) is 77.0 Å². The van der Waals surface area contributed by atoms with Crippen LogP contribution in [0, 0.1) is 11.8 Å². The average molecular weight is 488 g/mol. The van der Waals surface area contributed by atoms with Crippen molar-refractivity contribution >= 4 is 35.6 Å². The molecule has 0 saturated carbocycles. The summed E-state index contributed by atoms with van der Waals surface area (Å²) >= 11 is 0. The van der Waals surface area contributed by atoms with E-state index in [0.717, 1.165) is 0 Å². The van der Waals surface area contributed by atoms with E-state index < -0.39 is 73.2 Å². The zero-order chi connectivity index (χ0) is 26.4. The highest BCUT2D eigenvalue weighted by Crippen LogP contribution is 2.10. The molecule has 0 aromatic carbocycles. The van der Waals surface area contributed by atoms with Gasteiger partial charge in [-0.3, -0.25) is 24.0 Å². The number of carboxylic acids is 2. The Morgan fingerprint density at radius 3 is 1.85 bits per heavy atom. The molecule has 0 bridgehead atoms. The summed E-state index contributed by atoms with van der Waals surface area (Å²) in [5.74, 6) is -5.53. The number of amides is 4. The van der Waals surface area contributed by atoms with Crippen molar-refractivity contribution < 1.29 is 39.0 Å². The van der Waals surface area contributed by atoms with Crippen LogP contribution in [0.25, 0.3) is 0 Å². The molecular formula is C21H37N5O8. The van der Waals surface area contributed by atoms with Gasteiger partial charge < -0.3 is 37.2 Å². The Labute approximate surface area is 198 Å². The smallest absolute Gasteiger partial charge is 0.326 e. The molecule has 13 nitrogen and oxygen atoms in total. The topological polar surface area (TPSA) is 217 Å². The number of nitrogens with one attached hydrogen (secondary N) is 4. The molecule has 0 radical (unpaired) electrons. The lowest BCUT2D eigenvalue weighted by atomic mass is 9.95. The van der Waals surface area contributed by atoms with Crippen molar-refractivity contribution in [1.29, 1.82) is 0 Å². The van der Waals surface area contributed by atoms with Crippen LogP contribution in [0.3, 0.4) is 0 Å². The maximum atomic E-state index is 12.6. The zero-order valence-electron chi connectivity index (χ0n) is 20.1. The molecular weight excluding hydrogens is 450 g/mol. The molecule has 0 saturated heterocycles. The number of rotatable bonds is 16. The van der Waals surface area contributed by atoms with Gasteiger partial charge in [-0.1, -0.05) is 40.5 Å². The Morgan fingerprint density at radius 2 is 1.35 bits per heavy atom. The van der Waals surface area contributed by atoms with Crippen molar-refractivity contribution in [1.82, 2.24) is 21.3 Å². The standard InChI is InChI=1S/C21H37N5O8/c1-5-11(3)17(22)19(31)26-18(12(4)6-2)20(32)24-9-14(27)23-10-15(28)25-13(21(33)34)7-8-16(29)30/h11-13,17-18H,5-10,22H2,1-4H3,(H,23,27)(H,24,32)(H,25,28)(H,26,31)(H,29,30)(H,33,34)/t11-,12-,13-,17-,18-/m0/s1. The first-order valence-electron chi connectivity index (χ1n) is 11.2. The summed E-state index contributed by atoms with van der Waals surface area (Å²) in [5.41, 5.74) is 5.93. The first kappa shape index (κ1) is 30.8. The van der Waals surface area contributed by atoms with Crippen LogP contribution in [0.2, 0.25) is 0 Å². The third-order valence-electron chi connectivity index (χ3n) is 5.50. The highest BCUT2D eigenvalue weighted by atomic mass is 16.4. The van der Waals surface area contributed by atoms with E-state index in [1.54, 1.807) is 6.92 Å². The van der Waals surface area contributed by atoms with Gasteiger partial charge in [-0.2, -0.15) is 0 Å². The van der Waals surface area contributed by atoms with Crippen molar-refractivity contribution in [3.63, 3.8) is 0 Å². The molecule has 4 amide bonds. The fourth-order valence-electron chi connectivity index (χ4n) is 2.75. The first-order valence-corrected chi connectivity index (χ1v) is 11.2. The molecule has 0 aromatic heterocycles. The molecule has 0 aliphatic carbocycles. The Hall–Kier alpha value is -3.22. The Bertz CT molecular complexity index is 745. The van der Waals surface area contributed by atoms with E-state index in [9.17, 15) is 28.8 Å². The lowest BCUT2D eigenvalue weighted by molar-refractivity contribution is -0.143. The largest absolute Gasteiger partial charge is 0.481 e. The highest BCUT2D eigenvalue weighted by Gasteiger charge is 2.29. The van der Waals surface area contributed by atoms with Crippen LogP contribution in [0.5, 0.6) is 0 Å². The van der Waals surface area contributed by atoms with E-state index in [0.29, 0.717) is 12.8 Å². The predicted molar refractivity (Wildman–Crippen MR) is 121 cm³/mol. The van der Waals surface area contributed by atoms with Gasteiger partial charge in [-0.25, -0.2) is 4.79 Å². The van der Waals surface area contributed by atoms with E-state index in [4.69, 9.17) is 15.9 Å². The average Bonchev–Trinajstić information content (AvgIpc) is 2.79. The van der Waals surface area contributed by atoms with Crippen LogP contribution in [0.1, 0.15) is 53.4 Å². The molecule has 0 heterocycles. The predicted octanol–water partition coefficient (Wildman–Crippen LogP) is -1.44. The van der Waals surface area contributed by atoms with Crippen molar-refractivity contribution in [3.8, 4) is 0 Å². The van der Waals surface area contributed by atoms with E-state index >= 15 is 0 Å². The van der Waals surface area contributed by atoms with E-state index in [1.165, 1.54) is 0 Å². The normalized spacial score (nSPS) is 15.1. The van der Waals surface area contributed by atoms with Gasteiger partial charge in [0, 0.05) is 6.42 Å². The summed E-state index contributed by atoms with van der Waals surface area (Å²) in [7, 11) is 0. The Morgan fingerprint density at radius 1 is 0.794 bits per heavy atom. The molecule has 0 fully saturated rings. The van der Waals surface area contributed by atoms with E-state index in [1.807, 2.05) is 20.8 Å². The van der Waals surface area contributed by atoms with E-state index in [2.05, 4.69) is 21.3 Å². The second-order valence-corrected chi connectivity index (χ2v) is 8.17. The minimum absolute atomic E-state index is 0.0811. The third kappa shape index (κ3) is 11.6. The summed E-state index contributed by atoms with van der Waals surface area (Å²) in [6.07, 6.45) is 0.501. The van der Waals surface area contributed by atoms with Crippen molar-refractivity contribution in [2.45, 2.75) is 71.5 Å². The fourth-order valence-corrected chi connectivity index (χ4v) is 2.75. The van der Waals surface area contributed by atoms with Crippen LogP contribution in [-0.2, 0) is 28.8 Å². The molecule has 0 spiro atoms. The number of hydrogen-bond donors (Lipinski definition) is 7. The van der Waals surface area contributed by atoms with Crippen LogP contribution >= 0.6 is 0 Å². The molecule has 194 valence electrons. The molecule has 0 aliphatic heterocycles. The van der Waals surface area contributed by atoms with Gasteiger partial charge in [-0.15, -0.1) is 0 Å². The minimum Gasteiger partial charge on any atom is -0.481 e. The molecule has 0 aromatic rings. The number of carboxylic acid groups (broad SMARTS) is 2. The SMILES string of the molecule is CC[C@H](C)[C@H](N)C(=O)N[C@H](C(=O)NCC(=O)NCC(=O)N[C@@H](CCC(=O)O)C(=O)O)[C@@H](C)CC. The van der Waals surface area contributed by atoms with Gasteiger partial charge in [0.05, 0.1) is 19.1 Å². The molecule has 13 heteroatoms. The molecule has 5 atom stereocenters. The maximum Gasteiger partial charge on any atom is 0.326 e. The van der Waals surface area contributed by atoms with Gasteiger partial charge in [-0.05, 0) is 18.3 Å². The molecule has 34 heavy (non-hydrogen) atoms. The summed E-state index contributed by atoms with van der Waals surface area (Å²) in [4.78, 5) is 70.5. The molecule has 0 aliphatic rings. The second-order valence-electron chi connectivity index (χ2n) is 8.17. The summed E-state index contributed by atoms with van der Waals surface area (Å²) in [5, 5.41) is 27.1. The van der Waals surface area contributed by atoms with Crippen LogP contribution < -0.4 is 27.0 Å². The van der Waals surface area contributed by atoms with Gasteiger partial charge in [0.1, 0.15) is 12.1 Å². The lowest BCUT2D eigenvalue weighted by Gasteiger charge is -2.26. The van der Waals surface area contributed by atoms with Crippen molar-refractivity contribution in [2.75, 3.05) is 13.1 Å². The summed E-state index contributed by atoms with van der Waals surface area (Å²) < 4.78 is 0. The number of nitrogens with two attached hydrogens (primary N) is 1. The van der Waals surface area contributed by atoms with Crippen LogP contribution in [0.4, 0.5) is 0 Å². The van der Waals surface area contributed by atoms with Gasteiger partial charge in [0.15, 0.2) is 0 Å². The zero-order valence-corrected chi connectivity index (χ0v) is 20.1. The minimum atomic E-state index is -1.41. The molecule has 0 rings (SSSR count). The van der Waals surface area contributed by atoms with Crippen LogP contribution in [0.15, 0.2) is 0 Å². The number of hydrogen-bond acceptors (Lipinski definition) is 7. The van der Waals surface area contributed by atoms with Gasteiger partial charge >= 0.3 is 11.9 Å². The van der Waals surface area contributed by atoms with E-state index in [-0.39, 0.29) is 18.3 Å². The second kappa shape index (κ2) is 15.6. The highest BCUT2D eigenvalue weighted by molar-refractivity contribution is 5.93. The van der Waals surface area contributed by atoms with Gasteiger partial charge in [0.2, 0.25) is 23.6 Å².